The van der Waals surface area contributed by atoms with Gasteiger partial charge < -0.3 is 4.90 Å². The zero-order chi connectivity index (χ0) is 12.9. The number of nitrogens with zero attached hydrogens (tertiary/aromatic N) is 1. The first-order chi connectivity index (χ1) is 7.99. The molecule has 1 aromatic rings. The Balaban J connectivity index is 2.91. The lowest BCUT2D eigenvalue weighted by Gasteiger charge is -2.23. The molecule has 3 nitrogen and oxygen atoms in total. The molecule has 0 radical (unpaired) electrons. The number of sulfone groups is 1. The zero-order valence-electron chi connectivity index (χ0n) is 10.2. The maximum Gasteiger partial charge on any atom is 0.175 e. The van der Waals surface area contributed by atoms with Crippen molar-refractivity contribution in [3.63, 3.8) is 0 Å². The lowest BCUT2D eigenvalue weighted by molar-refractivity contribution is 0.602. The Hall–Kier alpha value is -0.550. The summed E-state index contributed by atoms with van der Waals surface area (Å²) in [5.41, 5.74) is 1.07. The van der Waals surface area contributed by atoms with Gasteiger partial charge >= 0.3 is 0 Å². The molecule has 17 heavy (non-hydrogen) atoms. The van der Waals surface area contributed by atoms with E-state index in [1.165, 1.54) is 6.26 Å². The summed E-state index contributed by atoms with van der Waals surface area (Å²) >= 11 is 3.43. The van der Waals surface area contributed by atoms with Crippen LogP contribution in [0.5, 0.6) is 0 Å². The monoisotopic (exact) mass is 319 g/mol. The highest BCUT2D eigenvalue weighted by Crippen LogP contribution is 2.18. The lowest BCUT2D eigenvalue weighted by atomic mass is 10.2. The Morgan fingerprint density at radius 3 is 2.18 bits per heavy atom. The molecule has 5 heteroatoms. The van der Waals surface area contributed by atoms with E-state index in [-0.39, 0.29) is 0 Å². The average Bonchev–Trinajstić information content (AvgIpc) is 2.28. The van der Waals surface area contributed by atoms with Gasteiger partial charge in [-0.2, -0.15) is 0 Å². The summed E-state index contributed by atoms with van der Waals surface area (Å²) in [6.45, 7) is 4.03. The van der Waals surface area contributed by atoms with Crippen LogP contribution in [-0.4, -0.2) is 33.1 Å². The van der Waals surface area contributed by atoms with E-state index < -0.39 is 9.84 Å². The van der Waals surface area contributed by atoms with Crippen LogP contribution in [0, 0.1) is 0 Å². The van der Waals surface area contributed by atoms with Gasteiger partial charge in [-0.25, -0.2) is 8.42 Å². The van der Waals surface area contributed by atoms with Crippen LogP contribution in [0.2, 0.25) is 0 Å². The van der Waals surface area contributed by atoms with Crippen molar-refractivity contribution in [2.75, 3.05) is 29.6 Å². The number of benzene rings is 1. The molecule has 0 aliphatic rings. The second-order valence-electron chi connectivity index (χ2n) is 3.94. The van der Waals surface area contributed by atoms with Gasteiger partial charge in [0.2, 0.25) is 0 Å². The maximum absolute atomic E-state index is 11.3. The number of anilines is 1. The molecule has 0 saturated carbocycles. The summed E-state index contributed by atoms with van der Waals surface area (Å²) in [5, 5.41) is 0.904. The van der Waals surface area contributed by atoms with Crippen LogP contribution in [0.1, 0.15) is 13.3 Å². The topological polar surface area (TPSA) is 37.4 Å². The van der Waals surface area contributed by atoms with E-state index in [0.29, 0.717) is 4.90 Å². The third kappa shape index (κ3) is 4.32. The Kier molecular flexibility index (Phi) is 5.46. The van der Waals surface area contributed by atoms with Gasteiger partial charge in [0.15, 0.2) is 9.84 Å². The molecule has 0 bridgehead atoms. The van der Waals surface area contributed by atoms with Gasteiger partial charge in [0.05, 0.1) is 4.90 Å². The number of hydrogen-bond donors (Lipinski definition) is 0. The summed E-state index contributed by atoms with van der Waals surface area (Å²) in [6.07, 6.45) is 2.30. The minimum Gasteiger partial charge on any atom is -0.371 e. The molecule has 0 unspecified atom stereocenters. The largest absolute Gasteiger partial charge is 0.371 e. The van der Waals surface area contributed by atoms with Crippen LogP contribution in [0.15, 0.2) is 29.2 Å². The van der Waals surface area contributed by atoms with E-state index in [4.69, 9.17) is 0 Å². The Bertz CT molecular complexity index is 436. The molecular weight excluding hydrogens is 302 g/mol. The van der Waals surface area contributed by atoms with Crippen LogP contribution in [0.25, 0.3) is 0 Å². The molecule has 96 valence electrons. The molecule has 0 amide bonds. The second-order valence-corrected chi connectivity index (χ2v) is 6.75. The fourth-order valence-electron chi connectivity index (χ4n) is 1.65. The van der Waals surface area contributed by atoms with E-state index in [9.17, 15) is 8.42 Å². The summed E-state index contributed by atoms with van der Waals surface area (Å²) in [5.74, 6) is 0. The van der Waals surface area contributed by atoms with Crippen LogP contribution in [0.4, 0.5) is 5.69 Å². The standard InChI is InChI=1S/C12H18BrNO2S/c1-3-9-14(10-8-13)11-4-6-12(7-5-11)17(2,15)16/h4-7H,3,8-10H2,1-2H3. The van der Waals surface area contributed by atoms with Crippen LogP contribution in [0.3, 0.4) is 0 Å². The molecule has 0 saturated heterocycles. The number of hydrogen-bond acceptors (Lipinski definition) is 3. The first-order valence-corrected chi connectivity index (χ1v) is 8.61. The first-order valence-electron chi connectivity index (χ1n) is 5.60. The molecule has 0 aliphatic heterocycles. The van der Waals surface area contributed by atoms with Gasteiger partial charge in [-0.3, -0.25) is 0 Å². The molecule has 0 N–H and O–H groups in total. The lowest BCUT2D eigenvalue weighted by Crippen LogP contribution is -2.26. The molecular formula is C12H18BrNO2S. The van der Waals surface area contributed by atoms with Crippen LogP contribution < -0.4 is 4.90 Å². The third-order valence-corrected chi connectivity index (χ3v) is 3.96. The van der Waals surface area contributed by atoms with Crippen molar-refractivity contribution >= 4 is 31.5 Å². The van der Waals surface area contributed by atoms with Gasteiger partial charge in [-0.1, -0.05) is 22.9 Å². The smallest absolute Gasteiger partial charge is 0.175 e. The maximum atomic E-state index is 11.3. The van der Waals surface area contributed by atoms with Crippen molar-refractivity contribution in [1.29, 1.82) is 0 Å². The Morgan fingerprint density at radius 2 is 1.76 bits per heavy atom. The summed E-state index contributed by atoms with van der Waals surface area (Å²) in [7, 11) is -3.10. The van der Waals surface area contributed by atoms with Gasteiger partial charge in [0.1, 0.15) is 0 Å². The van der Waals surface area contributed by atoms with Crippen LogP contribution in [-0.2, 0) is 9.84 Å². The molecule has 0 aliphatic carbocycles. The fourth-order valence-corrected chi connectivity index (χ4v) is 2.70. The predicted octanol–water partition coefficient (Wildman–Crippen LogP) is 2.70. The second kappa shape index (κ2) is 6.40. The third-order valence-electron chi connectivity index (χ3n) is 2.48. The van der Waals surface area contributed by atoms with Crippen molar-refractivity contribution in [2.24, 2.45) is 0 Å². The van der Waals surface area contributed by atoms with E-state index in [2.05, 4.69) is 27.8 Å². The number of halogens is 1. The highest BCUT2D eigenvalue weighted by atomic mass is 79.9. The summed E-state index contributed by atoms with van der Waals surface area (Å²) < 4.78 is 22.7. The molecule has 1 aromatic carbocycles. The highest BCUT2D eigenvalue weighted by Gasteiger charge is 2.09. The first kappa shape index (κ1) is 14.5. The molecule has 1 rings (SSSR count). The van der Waals surface area contributed by atoms with E-state index in [1.807, 2.05) is 12.1 Å². The quantitative estimate of drug-likeness (QED) is 0.756. The molecule has 0 atom stereocenters. The average molecular weight is 320 g/mol. The predicted molar refractivity (Wildman–Crippen MR) is 75.8 cm³/mol. The Morgan fingerprint density at radius 1 is 1.18 bits per heavy atom. The minimum absolute atomic E-state index is 0.372. The molecule has 0 heterocycles. The van der Waals surface area contributed by atoms with Crippen molar-refractivity contribution in [3.05, 3.63) is 24.3 Å². The van der Waals surface area contributed by atoms with Gasteiger partial charge in [0, 0.05) is 30.4 Å². The molecule has 0 aromatic heterocycles. The van der Waals surface area contributed by atoms with E-state index >= 15 is 0 Å². The SMILES string of the molecule is CCCN(CCBr)c1ccc(S(C)(=O)=O)cc1. The van der Waals surface area contributed by atoms with Gasteiger partial charge in [-0.15, -0.1) is 0 Å². The van der Waals surface area contributed by atoms with Crippen molar-refractivity contribution in [1.82, 2.24) is 0 Å². The van der Waals surface area contributed by atoms with Gasteiger partial charge in [0.25, 0.3) is 0 Å². The zero-order valence-corrected chi connectivity index (χ0v) is 12.6. The van der Waals surface area contributed by atoms with Crippen LogP contribution >= 0.6 is 15.9 Å². The molecule has 0 spiro atoms. The number of alkyl halides is 1. The summed E-state index contributed by atoms with van der Waals surface area (Å²) in [4.78, 5) is 2.61. The van der Waals surface area contributed by atoms with Crippen molar-refractivity contribution in [2.45, 2.75) is 18.2 Å². The minimum atomic E-state index is -3.10. The highest BCUT2D eigenvalue weighted by molar-refractivity contribution is 9.09. The van der Waals surface area contributed by atoms with Gasteiger partial charge in [-0.05, 0) is 30.7 Å². The van der Waals surface area contributed by atoms with E-state index in [0.717, 1.165) is 30.5 Å². The molecule has 0 fully saturated rings. The fraction of sp³-hybridized carbons (Fsp3) is 0.500. The Labute approximate surface area is 112 Å². The number of rotatable bonds is 6. The van der Waals surface area contributed by atoms with E-state index in [1.54, 1.807) is 12.1 Å². The van der Waals surface area contributed by atoms with Crippen molar-refractivity contribution in [3.8, 4) is 0 Å². The summed E-state index contributed by atoms with van der Waals surface area (Å²) in [6, 6.07) is 7.08. The van der Waals surface area contributed by atoms with Crippen molar-refractivity contribution < 1.29 is 8.42 Å². The normalized spacial score (nSPS) is 11.5.